The number of fused-ring (bicyclic) bond motifs is 1. The first-order chi connectivity index (χ1) is 8.40. The van der Waals surface area contributed by atoms with E-state index in [1.807, 2.05) is 30.5 Å². The molecular formula is C13H9N3O. The number of benzene rings is 1. The molecule has 0 aliphatic rings. The van der Waals surface area contributed by atoms with E-state index in [0.717, 1.165) is 23.1 Å². The number of aromatic nitrogens is 3. The third kappa shape index (κ3) is 1.50. The maximum Gasteiger partial charge on any atom is 0.162 e. The molecule has 0 spiro atoms. The molecule has 0 saturated heterocycles. The van der Waals surface area contributed by atoms with Crippen LogP contribution >= 0.6 is 0 Å². The maximum absolute atomic E-state index is 11.0. The lowest BCUT2D eigenvalue weighted by Gasteiger charge is -2.01. The van der Waals surface area contributed by atoms with Gasteiger partial charge in [-0.05, 0) is 11.6 Å². The van der Waals surface area contributed by atoms with Gasteiger partial charge in [-0.3, -0.25) is 4.79 Å². The Morgan fingerprint density at radius 2 is 2.00 bits per heavy atom. The SMILES string of the molecule is O=Cc1ccccc1-c1cnn2cccnc12. The van der Waals surface area contributed by atoms with Gasteiger partial charge in [0.15, 0.2) is 11.9 Å². The van der Waals surface area contributed by atoms with Gasteiger partial charge in [-0.1, -0.05) is 24.3 Å². The average Bonchev–Trinajstić information content (AvgIpc) is 2.82. The molecule has 2 heterocycles. The van der Waals surface area contributed by atoms with Gasteiger partial charge in [0.1, 0.15) is 0 Å². The second-order valence-corrected chi connectivity index (χ2v) is 3.65. The summed E-state index contributed by atoms with van der Waals surface area (Å²) in [5.74, 6) is 0. The van der Waals surface area contributed by atoms with E-state index >= 15 is 0 Å². The third-order valence-electron chi connectivity index (χ3n) is 2.66. The molecule has 82 valence electrons. The molecule has 0 aliphatic heterocycles. The highest BCUT2D eigenvalue weighted by Gasteiger charge is 2.10. The first-order valence-electron chi connectivity index (χ1n) is 5.23. The molecule has 0 amide bonds. The standard InChI is InChI=1S/C13H9N3O/c17-9-10-4-1-2-5-11(10)12-8-15-16-7-3-6-14-13(12)16/h1-9H. The van der Waals surface area contributed by atoms with Crippen LogP contribution in [-0.2, 0) is 0 Å². The number of hydrogen-bond acceptors (Lipinski definition) is 3. The number of nitrogens with zero attached hydrogens (tertiary/aromatic N) is 3. The summed E-state index contributed by atoms with van der Waals surface area (Å²) in [6.07, 6.45) is 6.12. The molecule has 4 nitrogen and oxygen atoms in total. The number of rotatable bonds is 2. The van der Waals surface area contributed by atoms with Gasteiger partial charge in [-0.25, -0.2) is 9.50 Å². The van der Waals surface area contributed by atoms with E-state index < -0.39 is 0 Å². The van der Waals surface area contributed by atoms with E-state index in [9.17, 15) is 4.79 Å². The Labute approximate surface area is 97.5 Å². The molecule has 0 bridgehead atoms. The van der Waals surface area contributed by atoms with Crippen LogP contribution in [0.2, 0.25) is 0 Å². The zero-order chi connectivity index (χ0) is 11.7. The van der Waals surface area contributed by atoms with Crippen molar-refractivity contribution in [2.75, 3.05) is 0 Å². The Balaban J connectivity index is 2.31. The Morgan fingerprint density at radius 1 is 1.12 bits per heavy atom. The number of carbonyl (C=O) groups is 1. The molecule has 0 fully saturated rings. The topological polar surface area (TPSA) is 47.3 Å². The smallest absolute Gasteiger partial charge is 0.162 e. The molecule has 2 aromatic heterocycles. The van der Waals surface area contributed by atoms with Crippen molar-refractivity contribution in [2.24, 2.45) is 0 Å². The van der Waals surface area contributed by atoms with Crippen LogP contribution in [0, 0.1) is 0 Å². The van der Waals surface area contributed by atoms with Crippen molar-refractivity contribution in [3.63, 3.8) is 0 Å². The van der Waals surface area contributed by atoms with E-state index in [1.165, 1.54) is 0 Å². The minimum atomic E-state index is 0.646. The molecular weight excluding hydrogens is 214 g/mol. The fraction of sp³-hybridized carbons (Fsp3) is 0. The van der Waals surface area contributed by atoms with Gasteiger partial charge in [0.2, 0.25) is 0 Å². The van der Waals surface area contributed by atoms with Crippen molar-refractivity contribution >= 4 is 11.9 Å². The van der Waals surface area contributed by atoms with Crippen LogP contribution < -0.4 is 0 Å². The van der Waals surface area contributed by atoms with Crippen molar-refractivity contribution in [3.05, 3.63) is 54.5 Å². The zero-order valence-electron chi connectivity index (χ0n) is 8.95. The van der Waals surface area contributed by atoms with Crippen LogP contribution in [0.15, 0.2) is 48.9 Å². The quantitative estimate of drug-likeness (QED) is 0.626. The lowest BCUT2D eigenvalue weighted by molar-refractivity contribution is 0.112. The van der Waals surface area contributed by atoms with Gasteiger partial charge in [-0.15, -0.1) is 0 Å². The summed E-state index contributed by atoms with van der Waals surface area (Å²) in [4.78, 5) is 15.3. The highest BCUT2D eigenvalue weighted by Crippen LogP contribution is 2.25. The fourth-order valence-electron chi connectivity index (χ4n) is 1.86. The van der Waals surface area contributed by atoms with Crippen LogP contribution in [0.25, 0.3) is 16.8 Å². The summed E-state index contributed by atoms with van der Waals surface area (Å²) in [5.41, 5.74) is 3.12. The van der Waals surface area contributed by atoms with Crippen LogP contribution in [0.3, 0.4) is 0 Å². The molecule has 4 heteroatoms. The van der Waals surface area contributed by atoms with Gasteiger partial charge >= 0.3 is 0 Å². The van der Waals surface area contributed by atoms with Gasteiger partial charge in [0.25, 0.3) is 0 Å². The van der Waals surface area contributed by atoms with E-state index in [-0.39, 0.29) is 0 Å². The summed E-state index contributed by atoms with van der Waals surface area (Å²) in [5, 5.41) is 4.21. The second-order valence-electron chi connectivity index (χ2n) is 3.65. The number of carbonyl (C=O) groups excluding carboxylic acids is 1. The zero-order valence-corrected chi connectivity index (χ0v) is 8.95. The molecule has 0 saturated carbocycles. The first-order valence-corrected chi connectivity index (χ1v) is 5.23. The largest absolute Gasteiger partial charge is 0.298 e. The molecule has 3 aromatic rings. The lowest BCUT2D eigenvalue weighted by atomic mass is 10.0. The fourth-order valence-corrected chi connectivity index (χ4v) is 1.86. The summed E-state index contributed by atoms with van der Waals surface area (Å²) < 4.78 is 1.69. The summed E-state index contributed by atoms with van der Waals surface area (Å²) in [6, 6.07) is 9.24. The van der Waals surface area contributed by atoms with E-state index in [2.05, 4.69) is 10.1 Å². The predicted octanol–water partition coefficient (Wildman–Crippen LogP) is 2.21. The average molecular weight is 223 g/mol. The molecule has 0 radical (unpaired) electrons. The second kappa shape index (κ2) is 3.83. The van der Waals surface area contributed by atoms with Gasteiger partial charge in [-0.2, -0.15) is 5.10 Å². The summed E-state index contributed by atoms with van der Waals surface area (Å²) in [7, 11) is 0. The van der Waals surface area contributed by atoms with E-state index in [0.29, 0.717) is 5.56 Å². The molecule has 0 N–H and O–H groups in total. The number of hydrogen-bond donors (Lipinski definition) is 0. The van der Waals surface area contributed by atoms with Crippen LogP contribution in [0.5, 0.6) is 0 Å². The van der Waals surface area contributed by atoms with Crippen molar-refractivity contribution < 1.29 is 4.79 Å². The molecule has 0 aliphatic carbocycles. The van der Waals surface area contributed by atoms with Gasteiger partial charge in [0.05, 0.1) is 6.20 Å². The molecule has 3 rings (SSSR count). The Kier molecular flexibility index (Phi) is 2.19. The summed E-state index contributed by atoms with van der Waals surface area (Å²) >= 11 is 0. The highest BCUT2D eigenvalue weighted by molar-refractivity contribution is 5.91. The minimum Gasteiger partial charge on any atom is -0.298 e. The van der Waals surface area contributed by atoms with Gasteiger partial charge < -0.3 is 0 Å². The van der Waals surface area contributed by atoms with Gasteiger partial charge in [0, 0.05) is 23.5 Å². The third-order valence-corrected chi connectivity index (χ3v) is 2.66. The van der Waals surface area contributed by atoms with Crippen LogP contribution in [-0.4, -0.2) is 20.9 Å². The lowest BCUT2D eigenvalue weighted by Crippen LogP contribution is -1.89. The van der Waals surface area contributed by atoms with Crippen LogP contribution in [0.1, 0.15) is 10.4 Å². The molecule has 0 atom stereocenters. The molecule has 1 aromatic carbocycles. The Hall–Kier alpha value is -2.49. The highest BCUT2D eigenvalue weighted by atomic mass is 16.1. The normalized spacial score (nSPS) is 10.6. The van der Waals surface area contributed by atoms with Crippen molar-refractivity contribution in [3.8, 4) is 11.1 Å². The molecule has 17 heavy (non-hydrogen) atoms. The Bertz CT molecular complexity index is 688. The van der Waals surface area contributed by atoms with Crippen molar-refractivity contribution in [1.29, 1.82) is 0 Å². The van der Waals surface area contributed by atoms with E-state index in [4.69, 9.17) is 0 Å². The van der Waals surface area contributed by atoms with Crippen molar-refractivity contribution in [2.45, 2.75) is 0 Å². The number of aldehydes is 1. The van der Waals surface area contributed by atoms with E-state index in [1.54, 1.807) is 23.0 Å². The first kappa shape index (κ1) is 9.72. The minimum absolute atomic E-state index is 0.646. The monoisotopic (exact) mass is 223 g/mol. The maximum atomic E-state index is 11.0. The predicted molar refractivity (Wildman–Crippen MR) is 63.8 cm³/mol. The molecule has 0 unspecified atom stereocenters. The summed E-state index contributed by atoms with van der Waals surface area (Å²) in [6.45, 7) is 0. The van der Waals surface area contributed by atoms with Crippen LogP contribution in [0.4, 0.5) is 0 Å². The van der Waals surface area contributed by atoms with Crippen molar-refractivity contribution in [1.82, 2.24) is 14.6 Å². The Morgan fingerprint density at radius 3 is 2.88 bits per heavy atom.